The summed E-state index contributed by atoms with van der Waals surface area (Å²) < 4.78 is 9.36. The quantitative estimate of drug-likeness (QED) is 0.281. The van der Waals surface area contributed by atoms with Gasteiger partial charge in [-0.15, -0.1) is 0 Å². The summed E-state index contributed by atoms with van der Waals surface area (Å²) in [6.45, 7) is 17.6. The number of hydrogen-bond donors (Lipinski definition) is 1. The third-order valence-electron chi connectivity index (χ3n) is 8.20. The average Bonchev–Trinajstić information content (AvgIpc) is 3.63. The lowest BCUT2D eigenvalue weighted by Gasteiger charge is -2.40. The Morgan fingerprint density at radius 1 is 1.00 bits per heavy atom. The van der Waals surface area contributed by atoms with E-state index in [0.29, 0.717) is 31.5 Å². The van der Waals surface area contributed by atoms with Gasteiger partial charge in [0.25, 0.3) is 0 Å². The molecule has 0 aromatic carbocycles. The van der Waals surface area contributed by atoms with Crippen molar-refractivity contribution < 1.29 is 9.53 Å². The number of esters is 1. The van der Waals surface area contributed by atoms with Crippen molar-refractivity contribution in [3.63, 3.8) is 0 Å². The molecule has 2 aliphatic rings. The molecule has 38 heavy (non-hydrogen) atoms. The van der Waals surface area contributed by atoms with Crippen LogP contribution < -0.4 is 5.32 Å². The van der Waals surface area contributed by atoms with Gasteiger partial charge in [0.05, 0.1) is 19.6 Å². The summed E-state index contributed by atoms with van der Waals surface area (Å²) in [4.78, 5) is 26.1. The van der Waals surface area contributed by atoms with Crippen LogP contribution >= 0.6 is 0 Å². The third kappa shape index (κ3) is 8.38. The van der Waals surface area contributed by atoms with Crippen LogP contribution in [0.15, 0.2) is 24.8 Å². The molecule has 0 amide bonds. The molecule has 1 N–H and O–H groups in total. The minimum atomic E-state index is -0.168. The Balaban J connectivity index is 1.12. The Kier molecular flexibility index (Phi) is 10.8. The smallest absolute Gasteiger partial charge is 0.307 e. The molecule has 0 saturated carbocycles. The second-order valence-electron chi connectivity index (χ2n) is 11.6. The molecular formula is C29H49N7O2. The number of nitrogens with one attached hydrogen (secondary N) is 1. The van der Waals surface area contributed by atoms with Gasteiger partial charge in [-0.2, -0.15) is 0 Å². The highest BCUT2D eigenvalue weighted by atomic mass is 16.5. The number of aryl methyl sites for hydroxylation is 2. The number of nitrogens with zero attached hydrogens (tertiary/aromatic N) is 6. The molecule has 2 saturated heterocycles. The monoisotopic (exact) mass is 527 g/mol. The van der Waals surface area contributed by atoms with Gasteiger partial charge >= 0.3 is 5.97 Å². The standard InChI is InChI=1S/C29H49N7O2/c1-4-38-28(37)7-16-36-21-13-32-27(36)22-30-11-6-26-31-12-20-35(26)15-5-14-34-19-10-29(24-34)8-17-33(18-9-29)23-25(2)3/h12-13,20-21,25,30H,4-11,14-19,22-24H2,1-3H3. The predicted molar refractivity (Wildman–Crippen MR) is 150 cm³/mol. The van der Waals surface area contributed by atoms with Crippen LogP contribution in [0.5, 0.6) is 0 Å². The van der Waals surface area contributed by atoms with E-state index < -0.39 is 0 Å². The first kappa shape index (κ1) is 28.8. The summed E-state index contributed by atoms with van der Waals surface area (Å²) in [5, 5.41) is 3.49. The van der Waals surface area contributed by atoms with Gasteiger partial charge in [0, 0.05) is 63.9 Å². The van der Waals surface area contributed by atoms with E-state index in [1.165, 1.54) is 65.0 Å². The fraction of sp³-hybridized carbons (Fsp3) is 0.759. The molecule has 9 nitrogen and oxygen atoms in total. The van der Waals surface area contributed by atoms with Gasteiger partial charge in [-0.1, -0.05) is 13.8 Å². The molecule has 4 rings (SSSR count). The highest BCUT2D eigenvalue weighted by molar-refractivity contribution is 5.69. The minimum Gasteiger partial charge on any atom is -0.466 e. The van der Waals surface area contributed by atoms with Crippen molar-refractivity contribution in [3.05, 3.63) is 36.4 Å². The molecule has 2 aromatic heterocycles. The second-order valence-corrected chi connectivity index (χ2v) is 11.6. The molecule has 2 fully saturated rings. The fourth-order valence-electron chi connectivity index (χ4n) is 6.15. The zero-order valence-electron chi connectivity index (χ0n) is 23.9. The lowest BCUT2D eigenvalue weighted by molar-refractivity contribution is -0.143. The molecule has 4 heterocycles. The van der Waals surface area contributed by atoms with Crippen LogP contribution in [0.25, 0.3) is 0 Å². The fourth-order valence-corrected chi connectivity index (χ4v) is 6.15. The van der Waals surface area contributed by atoms with Crippen LogP contribution in [0, 0.1) is 11.3 Å². The van der Waals surface area contributed by atoms with E-state index in [1.54, 1.807) is 6.20 Å². The van der Waals surface area contributed by atoms with E-state index in [4.69, 9.17) is 4.74 Å². The first-order chi connectivity index (χ1) is 18.5. The van der Waals surface area contributed by atoms with Crippen molar-refractivity contribution in [2.75, 3.05) is 52.4 Å². The molecule has 2 aromatic rings. The van der Waals surface area contributed by atoms with Crippen molar-refractivity contribution in [3.8, 4) is 0 Å². The van der Waals surface area contributed by atoms with E-state index in [-0.39, 0.29) is 5.97 Å². The maximum absolute atomic E-state index is 11.6. The maximum atomic E-state index is 11.6. The minimum absolute atomic E-state index is 0.168. The molecule has 0 aliphatic carbocycles. The summed E-state index contributed by atoms with van der Waals surface area (Å²) in [6.07, 6.45) is 14.3. The lowest BCUT2D eigenvalue weighted by Crippen LogP contribution is -2.42. The molecule has 2 aliphatic heterocycles. The van der Waals surface area contributed by atoms with Crippen molar-refractivity contribution in [1.82, 2.24) is 34.2 Å². The third-order valence-corrected chi connectivity index (χ3v) is 8.20. The van der Waals surface area contributed by atoms with Gasteiger partial charge in [0.2, 0.25) is 0 Å². The molecule has 9 heteroatoms. The van der Waals surface area contributed by atoms with E-state index in [9.17, 15) is 4.79 Å². The van der Waals surface area contributed by atoms with Crippen LogP contribution in [0.2, 0.25) is 0 Å². The van der Waals surface area contributed by atoms with Gasteiger partial charge in [0.1, 0.15) is 11.6 Å². The van der Waals surface area contributed by atoms with Crippen molar-refractivity contribution in [2.24, 2.45) is 11.3 Å². The number of carbonyl (C=O) groups excluding carboxylic acids is 1. The molecule has 1 spiro atoms. The molecule has 0 atom stereocenters. The van der Waals surface area contributed by atoms with Crippen LogP contribution in [0.4, 0.5) is 0 Å². The number of ether oxygens (including phenoxy) is 1. The van der Waals surface area contributed by atoms with Crippen molar-refractivity contribution in [2.45, 2.75) is 78.9 Å². The van der Waals surface area contributed by atoms with Gasteiger partial charge in [-0.3, -0.25) is 4.79 Å². The summed E-state index contributed by atoms with van der Waals surface area (Å²) in [5.74, 6) is 2.68. The Hall–Kier alpha value is -2.23. The Bertz CT molecular complexity index is 977. The Labute approximate surface area is 228 Å². The first-order valence-corrected chi connectivity index (χ1v) is 14.8. The Morgan fingerprint density at radius 2 is 1.68 bits per heavy atom. The van der Waals surface area contributed by atoms with Crippen LogP contribution in [-0.4, -0.2) is 87.3 Å². The number of likely N-dealkylation sites (tertiary alicyclic amines) is 2. The average molecular weight is 528 g/mol. The molecular weight excluding hydrogens is 478 g/mol. The number of imidazole rings is 2. The number of rotatable bonds is 15. The highest BCUT2D eigenvalue weighted by Gasteiger charge is 2.40. The normalized spacial score (nSPS) is 18.1. The number of carbonyl (C=O) groups is 1. The van der Waals surface area contributed by atoms with Gasteiger partial charge in [-0.05, 0) is 70.1 Å². The zero-order chi connectivity index (χ0) is 26.8. The second kappa shape index (κ2) is 14.2. The lowest BCUT2D eigenvalue weighted by atomic mass is 9.77. The van der Waals surface area contributed by atoms with Crippen LogP contribution in [0.3, 0.4) is 0 Å². The predicted octanol–water partition coefficient (Wildman–Crippen LogP) is 3.20. The van der Waals surface area contributed by atoms with Gasteiger partial charge < -0.3 is 29.0 Å². The number of piperidine rings is 1. The van der Waals surface area contributed by atoms with Crippen LogP contribution in [-0.2, 0) is 35.6 Å². The summed E-state index contributed by atoms with van der Waals surface area (Å²) in [6, 6.07) is 0. The number of hydrogen-bond acceptors (Lipinski definition) is 7. The van der Waals surface area contributed by atoms with Gasteiger partial charge in [0.15, 0.2) is 0 Å². The maximum Gasteiger partial charge on any atom is 0.307 e. The van der Waals surface area contributed by atoms with Crippen LogP contribution in [0.1, 0.15) is 64.5 Å². The van der Waals surface area contributed by atoms with Crippen molar-refractivity contribution >= 4 is 5.97 Å². The summed E-state index contributed by atoms with van der Waals surface area (Å²) in [5.41, 5.74) is 0.576. The SMILES string of the molecule is CCOC(=O)CCn1ccnc1CNCCc1nccn1CCCN1CCC2(CCN(CC(C)C)CC2)C1. The Morgan fingerprint density at radius 3 is 2.39 bits per heavy atom. The van der Waals surface area contributed by atoms with E-state index in [1.807, 2.05) is 23.9 Å². The van der Waals surface area contributed by atoms with Crippen molar-refractivity contribution in [1.29, 1.82) is 0 Å². The first-order valence-electron chi connectivity index (χ1n) is 14.8. The molecule has 0 unspecified atom stereocenters. The largest absolute Gasteiger partial charge is 0.466 e. The van der Waals surface area contributed by atoms with E-state index in [2.05, 4.69) is 49.7 Å². The highest BCUT2D eigenvalue weighted by Crippen LogP contribution is 2.40. The molecule has 0 bridgehead atoms. The van der Waals surface area contributed by atoms with Gasteiger partial charge in [-0.25, -0.2) is 9.97 Å². The summed E-state index contributed by atoms with van der Waals surface area (Å²) in [7, 11) is 0. The molecule has 0 radical (unpaired) electrons. The number of aromatic nitrogens is 4. The molecule has 212 valence electrons. The topological polar surface area (TPSA) is 80.4 Å². The van der Waals surface area contributed by atoms with E-state index in [0.717, 1.165) is 37.1 Å². The van der Waals surface area contributed by atoms with E-state index >= 15 is 0 Å². The summed E-state index contributed by atoms with van der Waals surface area (Å²) >= 11 is 0. The zero-order valence-corrected chi connectivity index (χ0v) is 23.9.